The third-order valence-corrected chi connectivity index (χ3v) is 5.62. The number of thiazole rings is 1. The topological polar surface area (TPSA) is 93.5 Å². The van der Waals surface area contributed by atoms with E-state index in [1.807, 2.05) is 24.3 Å². The van der Waals surface area contributed by atoms with Crippen molar-refractivity contribution in [3.8, 4) is 10.6 Å². The van der Waals surface area contributed by atoms with Gasteiger partial charge in [0.25, 0.3) is 0 Å². The van der Waals surface area contributed by atoms with Crippen LogP contribution in [0.5, 0.6) is 0 Å². The van der Waals surface area contributed by atoms with Crippen molar-refractivity contribution in [1.29, 1.82) is 0 Å². The molecule has 30 heavy (non-hydrogen) atoms. The number of urea groups is 1. The van der Waals surface area contributed by atoms with Gasteiger partial charge < -0.3 is 14.5 Å². The number of benzene rings is 2. The fourth-order valence-corrected chi connectivity index (χ4v) is 4.10. The first kappa shape index (κ1) is 19.9. The smallest absolute Gasteiger partial charge is 0.342 e. The summed E-state index contributed by atoms with van der Waals surface area (Å²) in [6.45, 7) is 1.63. The van der Waals surface area contributed by atoms with Crippen molar-refractivity contribution in [2.24, 2.45) is 0 Å². The van der Waals surface area contributed by atoms with Crippen LogP contribution in [0.3, 0.4) is 0 Å². The molecule has 0 radical (unpaired) electrons. The summed E-state index contributed by atoms with van der Waals surface area (Å²) in [7, 11) is 1.29. The van der Waals surface area contributed by atoms with Crippen LogP contribution in [0, 0.1) is 6.92 Å². The maximum atomic E-state index is 12.5. The number of nitrogens with zero attached hydrogens (tertiary/aromatic N) is 1. The van der Waals surface area contributed by atoms with Gasteiger partial charge in [-0.3, -0.25) is 5.32 Å². The van der Waals surface area contributed by atoms with Gasteiger partial charge in [-0.1, -0.05) is 23.7 Å². The van der Waals surface area contributed by atoms with Gasteiger partial charge >= 0.3 is 12.0 Å². The lowest BCUT2D eigenvalue weighted by Crippen LogP contribution is -2.19. The SMILES string of the molecule is COC(=O)c1c(C)oc(NC(=O)Nc2ccc(Cl)cc2)c1-c1nc2ccccc2s1. The molecule has 4 rings (SSSR count). The molecule has 2 aromatic carbocycles. The molecule has 0 saturated heterocycles. The highest BCUT2D eigenvalue weighted by Gasteiger charge is 2.28. The number of aromatic nitrogens is 1. The van der Waals surface area contributed by atoms with Crippen molar-refractivity contribution in [3.63, 3.8) is 0 Å². The number of methoxy groups -OCH3 is 1. The first-order chi connectivity index (χ1) is 14.5. The Balaban J connectivity index is 1.73. The van der Waals surface area contributed by atoms with Crippen molar-refractivity contribution in [2.75, 3.05) is 17.7 Å². The molecule has 0 aliphatic carbocycles. The maximum absolute atomic E-state index is 12.5. The minimum atomic E-state index is -0.573. The largest absolute Gasteiger partial charge is 0.465 e. The average molecular weight is 442 g/mol. The molecule has 2 amide bonds. The highest BCUT2D eigenvalue weighted by Crippen LogP contribution is 2.40. The van der Waals surface area contributed by atoms with E-state index >= 15 is 0 Å². The van der Waals surface area contributed by atoms with E-state index in [4.69, 9.17) is 20.8 Å². The number of hydrogen-bond acceptors (Lipinski definition) is 6. The fraction of sp³-hybridized carbons (Fsp3) is 0.0952. The molecule has 0 spiro atoms. The Labute approximate surface area is 180 Å². The molecule has 0 saturated carbocycles. The van der Waals surface area contributed by atoms with E-state index in [0.29, 0.717) is 27.0 Å². The summed E-state index contributed by atoms with van der Waals surface area (Å²) in [6, 6.07) is 13.7. The number of aryl methyl sites for hydroxylation is 1. The molecule has 0 atom stereocenters. The van der Waals surface area contributed by atoms with Gasteiger partial charge in [0.05, 0.1) is 22.9 Å². The standard InChI is InChI=1S/C21H16ClN3O4S/c1-11-16(20(26)28-2)17(19-24-14-5-3-4-6-15(14)30-19)18(29-11)25-21(27)23-13-9-7-12(22)8-10-13/h3-10H,1-2H3,(H2,23,25,27). The number of carbonyl (C=O) groups is 2. The first-order valence-corrected chi connectivity index (χ1v) is 10.1. The molecule has 0 unspecified atom stereocenters. The maximum Gasteiger partial charge on any atom is 0.342 e. The molecular weight excluding hydrogens is 426 g/mol. The summed E-state index contributed by atoms with van der Waals surface area (Å²) >= 11 is 7.26. The molecule has 152 valence electrons. The van der Waals surface area contributed by atoms with Crippen LogP contribution in [-0.2, 0) is 4.74 Å². The number of esters is 1. The summed E-state index contributed by atoms with van der Waals surface area (Å²) in [5, 5.41) is 6.45. The van der Waals surface area contributed by atoms with Crippen LogP contribution in [0.15, 0.2) is 52.9 Å². The average Bonchev–Trinajstić information content (AvgIpc) is 3.29. The van der Waals surface area contributed by atoms with Crippen LogP contribution in [-0.4, -0.2) is 24.1 Å². The summed E-state index contributed by atoms with van der Waals surface area (Å²) in [4.78, 5) is 29.6. The lowest BCUT2D eigenvalue weighted by Gasteiger charge is -2.07. The molecule has 0 fully saturated rings. The Morgan fingerprint density at radius 1 is 1.10 bits per heavy atom. The zero-order valence-corrected chi connectivity index (χ0v) is 17.6. The van der Waals surface area contributed by atoms with Gasteiger partial charge in [-0.05, 0) is 43.3 Å². The molecule has 9 heteroatoms. The zero-order valence-electron chi connectivity index (χ0n) is 16.0. The third-order valence-electron chi connectivity index (χ3n) is 4.31. The fourth-order valence-electron chi connectivity index (χ4n) is 2.96. The Morgan fingerprint density at radius 3 is 2.53 bits per heavy atom. The number of carbonyl (C=O) groups excluding carboxylic acids is 2. The van der Waals surface area contributed by atoms with Crippen LogP contribution in [0.2, 0.25) is 5.02 Å². The third kappa shape index (κ3) is 3.87. The lowest BCUT2D eigenvalue weighted by atomic mass is 10.1. The van der Waals surface area contributed by atoms with Gasteiger partial charge in [0.2, 0.25) is 5.88 Å². The number of anilines is 2. The van der Waals surface area contributed by atoms with E-state index in [1.54, 1.807) is 31.2 Å². The van der Waals surface area contributed by atoms with Gasteiger partial charge in [0.1, 0.15) is 16.3 Å². The minimum Gasteiger partial charge on any atom is -0.465 e. The molecule has 0 bridgehead atoms. The van der Waals surface area contributed by atoms with Crippen molar-refractivity contribution < 1.29 is 18.7 Å². The van der Waals surface area contributed by atoms with E-state index < -0.39 is 12.0 Å². The number of nitrogens with one attached hydrogen (secondary N) is 2. The van der Waals surface area contributed by atoms with E-state index in [2.05, 4.69) is 15.6 Å². The highest BCUT2D eigenvalue weighted by atomic mass is 35.5. The molecule has 2 heterocycles. The second kappa shape index (κ2) is 8.17. The molecule has 4 aromatic rings. The Kier molecular flexibility index (Phi) is 5.43. The van der Waals surface area contributed by atoms with E-state index in [9.17, 15) is 9.59 Å². The predicted molar refractivity (Wildman–Crippen MR) is 117 cm³/mol. The molecular formula is C21H16ClN3O4S. The number of fused-ring (bicyclic) bond motifs is 1. The van der Waals surface area contributed by atoms with Crippen LogP contribution in [0.1, 0.15) is 16.1 Å². The summed E-state index contributed by atoms with van der Waals surface area (Å²) in [6.07, 6.45) is 0. The number of amides is 2. The summed E-state index contributed by atoms with van der Waals surface area (Å²) in [5.74, 6) is -0.145. The molecule has 0 aliphatic heterocycles. The molecule has 2 N–H and O–H groups in total. The van der Waals surface area contributed by atoms with Crippen LogP contribution in [0.25, 0.3) is 20.8 Å². The molecule has 0 aliphatic rings. The van der Waals surface area contributed by atoms with Gasteiger partial charge in [0, 0.05) is 10.7 Å². The second-order valence-corrected chi connectivity index (χ2v) is 7.77. The first-order valence-electron chi connectivity index (χ1n) is 8.87. The van der Waals surface area contributed by atoms with E-state index in [0.717, 1.165) is 10.2 Å². The quantitative estimate of drug-likeness (QED) is 0.382. The highest BCUT2D eigenvalue weighted by molar-refractivity contribution is 7.21. The molecule has 7 nitrogen and oxygen atoms in total. The summed E-state index contributed by atoms with van der Waals surface area (Å²) in [5.41, 5.74) is 1.93. The van der Waals surface area contributed by atoms with Crippen LogP contribution in [0.4, 0.5) is 16.4 Å². The van der Waals surface area contributed by atoms with Crippen molar-refractivity contribution in [2.45, 2.75) is 6.92 Å². The van der Waals surface area contributed by atoms with Crippen molar-refractivity contribution in [3.05, 3.63) is 64.9 Å². The Morgan fingerprint density at radius 2 is 1.83 bits per heavy atom. The second-order valence-electron chi connectivity index (χ2n) is 6.30. The number of rotatable bonds is 4. The normalized spacial score (nSPS) is 10.8. The molecule has 2 aromatic heterocycles. The summed E-state index contributed by atoms with van der Waals surface area (Å²) < 4.78 is 11.6. The van der Waals surface area contributed by atoms with Crippen LogP contribution < -0.4 is 10.6 Å². The number of furan rings is 1. The van der Waals surface area contributed by atoms with Gasteiger partial charge in [-0.2, -0.15) is 0 Å². The van der Waals surface area contributed by atoms with Crippen molar-refractivity contribution >= 4 is 56.7 Å². The van der Waals surface area contributed by atoms with Gasteiger partial charge in [-0.15, -0.1) is 11.3 Å². The zero-order chi connectivity index (χ0) is 21.3. The minimum absolute atomic E-state index is 0.110. The van der Waals surface area contributed by atoms with Crippen LogP contribution >= 0.6 is 22.9 Å². The Hall–Kier alpha value is -3.36. The lowest BCUT2D eigenvalue weighted by molar-refractivity contribution is 0.0599. The monoisotopic (exact) mass is 441 g/mol. The predicted octanol–water partition coefficient (Wildman–Crippen LogP) is 5.95. The van der Waals surface area contributed by atoms with Gasteiger partial charge in [-0.25, -0.2) is 14.6 Å². The van der Waals surface area contributed by atoms with Crippen molar-refractivity contribution in [1.82, 2.24) is 4.98 Å². The Bertz CT molecular complexity index is 1210. The number of ether oxygens (including phenoxy) is 1. The van der Waals surface area contributed by atoms with E-state index in [1.165, 1.54) is 18.4 Å². The van der Waals surface area contributed by atoms with Gasteiger partial charge in [0.15, 0.2) is 0 Å². The number of para-hydroxylation sites is 1. The number of halogens is 1. The number of hydrogen-bond donors (Lipinski definition) is 2. The van der Waals surface area contributed by atoms with E-state index in [-0.39, 0.29) is 11.4 Å².